The number of halogens is 1. The second-order valence-corrected chi connectivity index (χ2v) is 5.23. The summed E-state index contributed by atoms with van der Waals surface area (Å²) < 4.78 is 13.1. The smallest absolute Gasteiger partial charge is 0.303 e. The third kappa shape index (κ3) is 4.05. The van der Waals surface area contributed by atoms with Gasteiger partial charge in [0.2, 0.25) is 5.91 Å². The van der Waals surface area contributed by atoms with Gasteiger partial charge in [0, 0.05) is 19.5 Å². The molecule has 1 aromatic rings. The van der Waals surface area contributed by atoms with Crippen LogP contribution in [0.25, 0.3) is 0 Å². The van der Waals surface area contributed by atoms with Crippen LogP contribution in [0.3, 0.4) is 0 Å². The molecule has 0 bridgehead atoms. The number of likely N-dealkylation sites (tertiary alicyclic amines) is 1. The van der Waals surface area contributed by atoms with E-state index in [0.717, 1.165) is 6.42 Å². The van der Waals surface area contributed by atoms with Crippen LogP contribution in [-0.2, 0) is 16.0 Å². The minimum atomic E-state index is -0.797. The number of carbonyl (C=O) groups excluding carboxylic acids is 1. The van der Waals surface area contributed by atoms with Crippen LogP contribution >= 0.6 is 0 Å². The van der Waals surface area contributed by atoms with Crippen molar-refractivity contribution in [2.75, 3.05) is 13.1 Å². The lowest BCUT2D eigenvalue weighted by Gasteiger charge is -2.16. The molecule has 1 N–H and O–H groups in total. The minimum Gasteiger partial charge on any atom is -0.481 e. The molecule has 0 radical (unpaired) electrons. The Kier molecular flexibility index (Phi) is 4.71. The van der Waals surface area contributed by atoms with Gasteiger partial charge < -0.3 is 10.0 Å². The summed E-state index contributed by atoms with van der Waals surface area (Å²) in [6.07, 6.45) is 1.81. The topological polar surface area (TPSA) is 57.6 Å². The van der Waals surface area contributed by atoms with E-state index < -0.39 is 5.97 Å². The van der Waals surface area contributed by atoms with E-state index in [1.807, 2.05) is 0 Å². The lowest BCUT2D eigenvalue weighted by Crippen LogP contribution is -2.30. The number of carbonyl (C=O) groups is 2. The third-order valence-corrected chi connectivity index (χ3v) is 3.65. The zero-order valence-electron chi connectivity index (χ0n) is 11.2. The molecule has 0 aromatic heterocycles. The monoisotopic (exact) mass is 279 g/mol. The Morgan fingerprint density at radius 2 is 2.20 bits per heavy atom. The number of nitrogens with zero attached hydrogens (tertiary/aromatic N) is 1. The number of rotatable bonds is 5. The van der Waals surface area contributed by atoms with E-state index >= 15 is 0 Å². The SMILES string of the molecule is O=C(O)CCC1CCN(C(=O)Cc2cccc(F)c2)C1. The van der Waals surface area contributed by atoms with Gasteiger partial charge in [-0.1, -0.05) is 12.1 Å². The zero-order valence-corrected chi connectivity index (χ0v) is 11.2. The van der Waals surface area contributed by atoms with Gasteiger partial charge in [0.25, 0.3) is 0 Å². The molecule has 1 heterocycles. The minimum absolute atomic E-state index is 0.0200. The first-order valence-corrected chi connectivity index (χ1v) is 6.78. The van der Waals surface area contributed by atoms with Gasteiger partial charge in [-0.05, 0) is 36.5 Å². The van der Waals surface area contributed by atoms with Crippen molar-refractivity contribution in [3.8, 4) is 0 Å². The normalized spacial score (nSPS) is 18.2. The Bertz CT molecular complexity index is 504. The predicted molar refractivity (Wildman–Crippen MR) is 71.7 cm³/mol. The summed E-state index contributed by atoms with van der Waals surface area (Å²) >= 11 is 0. The van der Waals surface area contributed by atoms with E-state index in [4.69, 9.17) is 5.11 Å². The van der Waals surface area contributed by atoms with Crippen LogP contribution in [-0.4, -0.2) is 35.0 Å². The molecule has 20 heavy (non-hydrogen) atoms. The highest BCUT2D eigenvalue weighted by Crippen LogP contribution is 2.21. The van der Waals surface area contributed by atoms with Crippen LogP contribution in [0.1, 0.15) is 24.8 Å². The van der Waals surface area contributed by atoms with Gasteiger partial charge in [-0.25, -0.2) is 4.39 Å². The molecule has 108 valence electrons. The van der Waals surface area contributed by atoms with Crippen LogP contribution in [0.5, 0.6) is 0 Å². The molecule has 1 fully saturated rings. The van der Waals surface area contributed by atoms with Crippen LogP contribution < -0.4 is 0 Å². The maximum absolute atomic E-state index is 13.1. The van der Waals surface area contributed by atoms with Gasteiger partial charge in [0.05, 0.1) is 6.42 Å². The van der Waals surface area contributed by atoms with E-state index in [0.29, 0.717) is 25.1 Å². The number of benzene rings is 1. The summed E-state index contributed by atoms with van der Waals surface area (Å²) in [6.45, 7) is 1.28. The Morgan fingerprint density at radius 3 is 2.90 bits per heavy atom. The molecule has 1 aromatic carbocycles. The van der Waals surface area contributed by atoms with Crippen molar-refractivity contribution in [3.63, 3.8) is 0 Å². The highest BCUT2D eigenvalue weighted by molar-refractivity contribution is 5.79. The zero-order chi connectivity index (χ0) is 14.5. The third-order valence-electron chi connectivity index (χ3n) is 3.65. The summed E-state index contributed by atoms with van der Waals surface area (Å²) in [5.74, 6) is -0.887. The van der Waals surface area contributed by atoms with E-state index in [9.17, 15) is 14.0 Å². The predicted octanol–water partition coefficient (Wildman–Crippen LogP) is 2.08. The van der Waals surface area contributed by atoms with E-state index in [1.54, 1.807) is 17.0 Å². The average Bonchev–Trinajstić information content (AvgIpc) is 2.85. The number of amides is 1. The summed E-state index contributed by atoms with van der Waals surface area (Å²) in [4.78, 5) is 24.4. The standard InChI is InChI=1S/C15H18FNO3/c16-13-3-1-2-12(8-13)9-14(18)17-7-6-11(10-17)4-5-15(19)20/h1-3,8,11H,4-7,9-10H2,(H,19,20). The van der Waals surface area contributed by atoms with E-state index in [1.165, 1.54) is 12.1 Å². The largest absolute Gasteiger partial charge is 0.481 e. The quantitative estimate of drug-likeness (QED) is 0.897. The number of hydrogen-bond donors (Lipinski definition) is 1. The maximum Gasteiger partial charge on any atom is 0.303 e. The van der Waals surface area contributed by atoms with Crippen LogP contribution in [0.4, 0.5) is 4.39 Å². The first kappa shape index (κ1) is 14.5. The molecule has 5 heteroatoms. The first-order chi connectivity index (χ1) is 9.54. The number of carboxylic acid groups (broad SMARTS) is 1. The Labute approximate surface area is 117 Å². The highest BCUT2D eigenvalue weighted by Gasteiger charge is 2.26. The Balaban J connectivity index is 1.83. The second kappa shape index (κ2) is 6.50. The van der Waals surface area contributed by atoms with Crippen LogP contribution in [0.15, 0.2) is 24.3 Å². The number of hydrogen-bond acceptors (Lipinski definition) is 2. The molecule has 1 unspecified atom stereocenters. The average molecular weight is 279 g/mol. The highest BCUT2D eigenvalue weighted by atomic mass is 19.1. The lowest BCUT2D eigenvalue weighted by atomic mass is 10.0. The molecule has 1 aliphatic rings. The van der Waals surface area contributed by atoms with Crippen molar-refractivity contribution in [2.45, 2.75) is 25.7 Å². The van der Waals surface area contributed by atoms with Gasteiger partial charge in [-0.3, -0.25) is 9.59 Å². The molecule has 0 spiro atoms. The second-order valence-electron chi connectivity index (χ2n) is 5.23. The van der Waals surface area contributed by atoms with Crippen molar-refractivity contribution < 1.29 is 19.1 Å². The fourth-order valence-corrected chi connectivity index (χ4v) is 2.56. The lowest BCUT2D eigenvalue weighted by molar-refractivity contribution is -0.137. The van der Waals surface area contributed by atoms with Gasteiger partial charge in [0.15, 0.2) is 0 Å². The van der Waals surface area contributed by atoms with Crippen molar-refractivity contribution in [1.82, 2.24) is 4.90 Å². The Morgan fingerprint density at radius 1 is 1.40 bits per heavy atom. The Hall–Kier alpha value is -1.91. The molecular formula is C15H18FNO3. The molecule has 1 aliphatic heterocycles. The van der Waals surface area contributed by atoms with Crippen molar-refractivity contribution >= 4 is 11.9 Å². The van der Waals surface area contributed by atoms with Gasteiger partial charge >= 0.3 is 5.97 Å². The van der Waals surface area contributed by atoms with E-state index in [-0.39, 0.29) is 30.5 Å². The van der Waals surface area contributed by atoms with E-state index in [2.05, 4.69) is 0 Å². The molecule has 1 amide bonds. The molecular weight excluding hydrogens is 261 g/mol. The maximum atomic E-state index is 13.1. The van der Waals surface area contributed by atoms with Gasteiger partial charge in [-0.15, -0.1) is 0 Å². The molecule has 1 saturated heterocycles. The summed E-state index contributed by atoms with van der Waals surface area (Å²) in [6, 6.07) is 6.05. The fourth-order valence-electron chi connectivity index (χ4n) is 2.56. The van der Waals surface area contributed by atoms with Crippen molar-refractivity contribution in [3.05, 3.63) is 35.6 Å². The molecule has 1 atom stereocenters. The fraction of sp³-hybridized carbons (Fsp3) is 0.467. The summed E-state index contributed by atoms with van der Waals surface area (Å²) in [5, 5.41) is 8.65. The van der Waals surface area contributed by atoms with Gasteiger partial charge in [0.1, 0.15) is 5.82 Å². The van der Waals surface area contributed by atoms with Crippen molar-refractivity contribution in [2.24, 2.45) is 5.92 Å². The first-order valence-electron chi connectivity index (χ1n) is 6.78. The number of carboxylic acids is 1. The van der Waals surface area contributed by atoms with Crippen LogP contribution in [0.2, 0.25) is 0 Å². The van der Waals surface area contributed by atoms with Crippen molar-refractivity contribution in [1.29, 1.82) is 0 Å². The molecule has 4 nitrogen and oxygen atoms in total. The number of aliphatic carboxylic acids is 1. The van der Waals surface area contributed by atoms with Crippen LogP contribution in [0, 0.1) is 11.7 Å². The molecule has 0 saturated carbocycles. The summed E-state index contributed by atoms with van der Waals surface area (Å²) in [5.41, 5.74) is 0.670. The van der Waals surface area contributed by atoms with Gasteiger partial charge in [-0.2, -0.15) is 0 Å². The molecule has 0 aliphatic carbocycles. The summed E-state index contributed by atoms with van der Waals surface area (Å²) in [7, 11) is 0. The molecule has 2 rings (SSSR count).